The molecule has 9 nitrogen and oxygen atoms in total. The predicted octanol–water partition coefficient (Wildman–Crippen LogP) is 5.02. The first kappa shape index (κ1) is 20.7. The van der Waals surface area contributed by atoms with Crippen molar-refractivity contribution in [1.29, 1.82) is 0 Å². The van der Waals surface area contributed by atoms with Gasteiger partial charge in [-0.1, -0.05) is 41.9 Å². The molecule has 0 atom stereocenters. The normalized spacial score (nSPS) is 10.3. The molecule has 0 saturated heterocycles. The van der Waals surface area contributed by atoms with E-state index < -0.39 is 15.8 Å². The Bertz CT molecular complexity index is 1120. The van der Waals surface area contributed by atoms with Crippen molar-refractivity contribution < 1.29 is 14.6 Å². The highest BCUT2D eigenvalue weighted by molar-refractivity contribution is 6.34. The van der Waals surface area contributed by atoms with E-state index >= 15 is 0 Å². The lowest BCUT2D eigenvalue weighted by Gasteiger charge is -2.13. The Morgan fingerprint density at radius 3 is 2.07 bits per heavy atom. The molecule has 0 spiro atoms. The van der Waals surface area contributed by atoms with E-state index in [9.17, 15) is 25.0 Å². The van der Waals surface area contributed by atoms with Gasteiger partial charge in [-0.3, -0.25) is 25.0 Å². The molecule has 3 aromatic carbocycles. The summed E-state index contributed by atoms with van der Waals surface area (Å²) in [5.74, 6) is -0.648. The fourth-order valence-corrected chi connectivity index (χ4v) is 2.91. The Balaban J connectivity index is 1.88. The summed E-state index contributed by atoms with van der Waals surface area (Å²) < 4.78 is 0. The Morgan fingerprint density at radius 2 is 1.47 bits per heavy atom. The number of nitro groups is 2. The standard InChI is InChI=1S/C20H15ClN4O5/c21-17-11-15(25(29)30)7-9-19(17)23-20(26)16-10-14(24(27)28)6-8-18(16)22-12-13-4-2-1-3-5-13/h1-11,22H,12H2,(H,23,26). The number of nitrogens with zero attached hydrogens (tertiary/aromatic N) is 2. The van der Waals surface area contributed by atoms with Crippen LogP contribution in [-0.4, -0.2) is 15.8 Å². The monoisotopic (exact) mass is 426 g/mol. The van der Waals surface area contributed by atoms with E-state index in [1.807, 2.05) is 30.3 Å². The molecule has 0 fully saturated rings. The third kappa shape index (κ3) is 4.89. The second-order valence-corrected chi connectivity index (χ2v) is 6.61. The fraction of sp³-hybridized carbons (Fsp3) is 0.0500. The molecule has 0 saturated carbocycles. The van der Waals surface area contributed by atoms with E-state index in [2.05, 4.69) is 10.6 Å². The molecular formula is C20H15ClN4O5. The van der Waals surface area contributed by atoms with Crippen molar-refractivity contribution in [2.75, 3.05) is 10.6 Å². The van der Waals surface area contributed by atoms with Crippen LogP contribution in [0.2, 0.25) is 5.02 Å². The Kier molecular flexibility index (Phi) is 6.23. The summed E-state index contributed by atoms with van der Waals surface area (Å²) in [6.45, 7) is 0.400. The molecule has 2 N–H and O–H groups in total. The Labute approximate surface area is 175 Å². The van der Waals surface area contributed by atoms with Gasteiger partial charge in [-0.05, 0) is 17.7 Å². The number of anilines is 2. The molecule has 1 amide bonds. The minimum Gasteiger partial charge on any atom is -0.380 e. The second-order valence-electron chi connectivity index (χ2n) is 6.20. The van der Waals surface area contributed by atoms with E-state index in [0.29, 0.717) is 12.2 Å². The first-order chi connectivity index (χ1) is 14.3. The number of halogens is 1. The van der Waals surface area contributed by atoms with Crippen molar-refractivity contribution >= 4 is 40.3 Å². The molecule has 0 aliphatic heterocycles. The van der Waals surface area contributed by atoms with E-state index in [-0.39, 0.29) is 27.6 Å². The molecular weight excluding hydrogens is 412 g/mol. The molecule has 0 radical (unpaired) electrons. The average molecular weight is 427 g/mol. The summed E-state index contributed by atoms with van der Waals surface area (Å²) in [5.41, 5.74) is 1.06. The van der Waals surface area contributed by atoms with Crippen LogP contribution >= 0.6 is 11.6 Å². The topological polar surface area (TPSA) is 127 Å². The lowest BCUT2D eigenvalue weighted by atomic mass is 10.1. The highest BCUT2D eigenvalue weighted by atomic mass is 35.5. The SMILES string of the molecule is O=C(Nc1ccc([N+](=O)[O-])cc1Cl)c1cc([N+](=O)[O-])ccc1NCc1ccccc1. The molecule has 3 rings (SSSR count). The molecule has 3 aromatic rings. The molecule has 0 heterocycles. The number of carbonyl (C=O) groups excluding carboxylic acids is 1. The van der Waals surface area contributed by atoms with E-state index in [4.69, 9.17) is 11.6 Å². The Morgan fingerprint density at radius 1 is 0.867 bits per heavy atom. The number of nitro benzene ring substituents is 2. The van der Waals surface area contributed by atoms with Crippen LogP contribution in [0.5, 0.6) is 0 Å². The zero-order valence-electron chi connectivity index (χ0n) is 15.4. The highest BCUT2D eigenvalue weighted by Crippen LogP contribution is 2.29. The van der Waals surface area contributed by atoms with E-state index in [1.165, 1.54) is 24.3 Å². The van der Waals surface area contributed by atoms with Gasteiger partial charge in [0.2, 0.25) is 0 Å². The number of nitrogens with one attached hydrogen (secondary N) is 2. The Hall–Kier alpha value is -3.98. The van der Waals surface area contributed by atoms with E-state index in [1.54, 1.807) is 0 Å². The van der Waals surface area contributed by atoms with Crippen molar-refractivity contribution in [3.05, 3.63) is 103 Å². The quantitative estimate of drug-likeness (QED) is 0.403. The maximum absolute atomic E-state index is 12.8. The highest BCUT2D eigenvalue weighted by Gasteiger charge is 2.19. The lowest BCUT2D eigenvalue weighted by Crippen LogP contribution is -2.15. The third-order valence-electron chi connectivity index (χ3n) is 4.20. The number of carbonyl (C=O) groups is 1. The molecule has 152 valence electrons. The number of rotatable bonds is 7. The number of non-ortho nitro benzene ring substituents is 2. The lowest BCUT2D eigenvalue weighted by molar-refractivity contribution is -0.385. The molecule has 10 heteroatoms. The molecule has 30 heavy (non-hydrogen) atoms. The zero-order valence-corrected chi connectivity index (χ0v) is 16.1. The first-order valence-corrected chi connectivity index (χ1v) is 9.04. The average Bonchev–Trinajstić information content (AvgIpc) is 2.74. The van der Waals surface area contributed by atoms with Gasteiger partial charge < -0.3 is 10.6 Å². The summed E-state index contributed by atoms with van der Waals surface area (Å²) in [7, 11) is 0. The smallest absolute Gasteiger partial charge is 0.271 e. The third-order valence-corrected chi connectivity index (χ3v) is 4.51. The maximum atomic E-state index is 12.8. The van der Waals surface area contributed by atoms with Gasteiger partial charge >= 0.3 is 0 Å². The molecule has 0 aliphatic carbocycles. The van der Waals surface area contributed by atoms with Gasteiger partial charge in [0.15, 0.2) is 0 Å². The van der Waals surface area contributed by atoms with Crippen LogP contribution in [0, 0.1) is 20.2 Å². The maximum Gasteiger partial charge on any atom is 0.271 e. The summed E-state index contributed by atoms with van der Waals surface area (Å²) in [4.78, 5) is 33.6. The van der Waals surface area contributed by atoms with Crippen molar-refractivity contribution in [2.24, 2.45) is 0 Å². The number of benzene rings is 3. The van der Waals surface area contributed by atoms with Crippen molar-refractivity contribution in [2.45, 2.75) is 6.54 Å². The predicted molar refractivity (Wildman–Crippen MR) is 113 cm³/mol. The summed E-state index contributed by atoms with van der Waals surface area (Å²) >= 11 is 6.02. The van der Waals surface area contributed by atoms with Gasteiger partial charge in [0, 0.05) is 36.5 Å². The van der Waals surface area contributed by atoms with Crippen LogP contribution in [0.15, 0.2) is 66.7 Å². The van der Waals surface area contributed by atoms with Crippen LogP contribution in [0.3, 0.4) is 0 Å². The van der Waals surface area contributed by atoms with Gasteiger partial charge in [-0.15, -0.1) is 0 Å². The van der Waals surface area contributed by atoms with Gasteiger partial charge in [-0.2, -0.15) is 0 Å². The van der Waals surface area contributed by atoms with Crippen LogP contribution in [0.25, 0.3) is 0 Å². The van der Waals surface area contributed by atoms with Crippen LogP contribution in [0.4, 0.5) is 22.7 Å². The molecule has 0 bridgehead atoms. The molecule has 0 aliphatic rings. The summed E-state index contributed by atoms with van der Waals surface area (Å²) in [6, 6.07) is 16.9. The van der Waals surface area contributed by atoms with Crippen molar-refractivity contribution in [1.82, 2.24) is 0 Å². The number of amides is 1. The van der Waals surface area contributed by atoms with Crippen LogP contribution in [-0.2, 0) is 6.54 Å². The van der Waals surface area contributed by atoms with Gasteiger partial charge in [0.1, 0.15) is 0 Å². The largest absolute Gasteiger partial charge is 0.380 e. The fourth-order valence-electron chi connectivity index (χ4n) is 2.69. The van der Waals surface area contributed by atoms with Gasteiger partial charge in [-0.25, -0.2) is 0 Å². The number of hydrogen-bond donors (Lipinski definition) is 2. The zero-order chi connectivity index (χ0) is 21.7. The van der Waals surface area contributed by atoms with Crippen LogP contribution in [0.1, 0.15) is 15.9 Å². The number of hydrogen-bond acceptors (Lipinski definition) is 6. The summed E-state index contributed by atoms with van der Waals surface area (Å²) in [5, 5.41) is 27.6. The molecule has 0 unspecified atom stereocenters. The first-order valence-electron chi connectivity index (χ1n) is 8.66. The second kappa shape index (κ2) is 9.01. The van der Waals surface area contributed by atoms with Gasteiger partial charge in [0.05, 0.1) is 26.1 Å². The molecule has 0 aromatic heterocycles. The summed E-state index contributed by atoms with van der Waals surface area (Å²) in [6.07, 6.45) is 0. The van der Waals surface area contributed by atoms with Crippen molar-refractivity contribution in [3.8, 4) is 0 Å². The van der Waals surface area contributed by atoms with E-state index in [0.717, 1.165) is 17.7 Å². The minimum atomic E-state index is -0.648. The van der Waals surface area contributed by atoms with Crippen molar-refractivity contribution in [3.63, 3.8) is 0 Å². The van der Waals surface area contributed by atoms with Gasteiger partial charge in [0.25, 0.3) is 17.3 Å². The minimum absolute atomic E-state index is 0.0261. The van der Waals surface area contributed by atoms with Crippen LogP contribution < -0.4 is 10.6 Å².